The summed E-state index contributed by atoms with van der Waals surface area (Å²) in [7, 11) is 0. The van der Waals surface area contributed by atoms with Crippen molar-refractivity contribution in [2.45, 2.75) is 328 Å². The Hall–Kier alpha value is -1.14. The van der Waals surface area contributed by atoms with E-state index in [1.54, 1.807) is 0 Å². The third kappa shape index (κ3) is 48.2. The summed E-state index contributed by atoms with van der Waals surface area (Å²) in [5.41, 5.74) is 0. The number of aliphatic hydroxyl groups excluding tert-OH is 2. The number of amides is 1. The van der Waals surface area contributed by atoms with Crippen molar-refractivity contribution in [3.8, 4) is 0 Å². The van der Waals surface area contributed by atoms with Gasteiger partial charge in [0.25, 0.3) is 0 Å². The van der Waals surface area contributed by atoms with Crippen molar-refractivity contribution >= 4 is 11.9 Å². The number of ether oxygens (including phenoxy) is 1. The lowest BCUT2D eigenvalue weighted by Gasteiger charge is -2.22. The number of rotatable bonds is 52. The van der Waals surface area contributed by atoms with Gasteiger partial charge >= 0.3 is 5.97 Å². The molecule has 0 fully saturated rings. The number of esters is 1. The molecule has 0 saturated heterocycles. The van der Waals surface area contributed by atoms with E-state index in [0.29, 0.717) is 25.9 Å². The Labute approximate surface area is 381 Å². The minimum Gasteiger partial charge on any atom is -0.466 e. The molecular formula is C55H109NO5. The molecule has 0 aromatic heterocycles. The fourth-order valence-electron chi connectivity index (χ4n) is 8.88. The Balaban J connectivity index is 3.36. The Morgan fingerprint density at radius 1 is 0.393 bits per heavy atom. The van der Waals surface area contributed by atoms with Gasteiger partial charge in [0.2, 0.25) is 5.91 Å². The fraction of sp³-hybridized carbons (Fsp3) is 0.964. The predicted octanol–water partition coefficient (Wildman–Crippen LogP) is 16.7. The second kappa shape index (κ2) is 51.5. The summed E-state index contributed by atoms with van der Waals surface area (Å²) in [6.45, 7) is 4.94. The van der Waals surface area contributed by atoms with Crippen LogP contribution in [0.15, 0.2) is 0 Å². The average Bonchev–Trinajstić information content (AvgIpc) is 3.26. The van der Waals surface area contributed by atoms with Gasteiger partial charge in [-0.15, -0.1) is 0 Å². The molecule has 0 heterocycles. The molecule has 0 aliphatic rings. The van der Waals surface area contributed by atoms with Crippen molar-refractivity contribution in [1.82, 2.24) is 5.32 Å². The lowest BCUT2D eigenvalue weighted by molar-refractivity contribution is -0.143. The first-order valence-electron chi connectivity index (χ1n) is 27.8. The van der Waals surface area contributed by atoms with Crippen LogP contribution >= 0.6 is 0 Å². The van der Waals surface area contributed by atoms with Crippen LogP contribution in [0.2, 0.25) is 0 Å². The van der Waals surface area contributed by atoms with Gasteiger partial charge < -0.3 is 20.3 Å². The summed E-state index contributed by atoms with van der Waals surface area (Å²) in [6, 6.07) is -0.544. The summed E-state index contributed by atoms with van der Waals surface area (Å²) in [5, 5.41) is 23.1. The second-order valence-corrected chi connectivity index (χ2v) is 19.3. The van der Waals surface area contributed by atoms with E-state index in [1.165, 1.54) is 238 Å². The Kier molecular flexibility index (Phi) is 50.5. The molecule has 3 N–H and O–H groups in total. The van der Waals surface area contributed by atoms with Crippen LogP contribution in [0.4, 0.5) is 0 Å². The smallest absolute Gasteiger partial charge is 0.305 e. The van der Waals surface area contributed by atoms with Gasteiger partial charge in [0.05, 0.1) is 25.4 Å². The van der Waals surface area contributed by atoms with Gasteiger partial charge in [-0.3, -0.25) is 9.59 Å². The van der Waals surface area contributed by atoms with Crippen LogP contribution in [0.5, 0.6) is 0 Å². The van der Waals surface area contributed by atoms with Crippen LogP contribution in [0.25, 0.3) is 0 Å². The van der Waals surface area contributed by atoms with Crippen LogP contribution < -0.4 is 5.32 Å². The summed E-state index contributed by atoms with van der Waals surface area (Å²) in [5.74, 6) is -0.0375. The number of aliphatic hydroxyl groups is 2. The molecule has 0 aromatic rings. The van der Waals surface area contributed by atoms with Crippen molar-refractivity contribution in [3.05, 3.63) is 0 Å². The Bertz CT molecular complexity index is 867. The van der Waals surface area contributed by atoms with Gasteiger partial charge in [-0.1, -0.05) is 277 Å². The molecule has 0 rings (SSSR count). The number of nitrogens with one attached hydrogen (secondary N) is 1. The van der Waals surface area contributed by atoms with Gasteiger partial charge in [0.1, 0.15) is 0 Å². The third-order valence-electron chi connectivity index (χ3n) is 13.2. The first-order chi connectivity index (χ1) is 30.0. The molecule has 6 heteroatoms. The normalized spacial score (nSPS) is 12.5. The fourth-order valence-corrected chi connectivity index (χ4v) is 8.88. The van der Waals surface area contributed by atoms with Crippen LogP contribution in [0.1, 0.15) is 316 Å². The zero-order valence-corrected chi connectivity index (χ0v) is 41.4. The molecule has 1 amide bonds. The van der Waals surface area contributed by atoms with Gasteiger partial charge in [0, 0.05) is 12.8 Å². The minimum absolute atomic E-state index is 0.00592. The Morgan fingerprint density at radius 2 is 0.672 bits per heavy atom. The maximum atomic E-state index is 12.4. The molecule has 0 bridgehead atoms. The first-order valence-corrected chi connectivity index (χ1v) is 27.8. The van der Waals surface area contributed by atoms with E-state index in [4.69, 9.17) is 4.74 Å². The predicted molar refractivity (Wildman–Crippen MR) is 264 cm³/mol. The second-order valence-electron chi connectivity index (χ2n) is 19.3. The first kappa shape index (κ1) is 59.9. The molecule has 6 nitrogen and oxygen atoms in total. The maximum Gasteiger partial charge on any atom is 0.305 e. The molecule has 0 aliphatic heterocycles. The van der Waals surface area contributed by atoms with Crippen LogP contribution in [-0.4, -0.2) is 47.4 Å². The van der Waals surface area contributed by atoms with Gasteiger partial charge in [0.15, 0.2) is 0 Å². The standard InChI is InChI=1S/C55H109NO5/c1-3-5-7-9-11-13-15-16-17-18-19-20-23-26-29-33-37-41-45-49-55(60)61-50-46-42-38-34-30-27-24-21-22-25-28-32-36-40-44-48-54(59)56-52(51-57)53(58)47-43-39-35-31-14-12-10-8-6-4-2/h52-53,57-58H,3-51H2,1-2H3,(H,56,59). The molecule has 364 valence electrons. The quantitative estimate of drug-likeness (QED) is 0.0418. The molecule has 0 aromatic carbocycles. The van der Waals surface area contributed by atoms with Gasteiger partial charge in [-0.25, -0.2) is 0 Å². The van der Waals surface area contributed by atoms with E-state index in [9.17, 15) is 19.8 Å². The molecule has 0 saturated carbocycles. The van der Waals surface area contributed by atoms with E-state index >= 15 is 0 Å². The molecule has 0 aliphatic carbocycles. The summed E-state index contributed by atoms with van der Waals surface area (Å²) < 4.78 is 5.49. The van der Waals surface area contributed by atoms with Crippen LogP contribution in [-0.2, 0) is 14.3 Å². The van der Waals surface area contributed by atoms with E-state index in [-0.39, 0.29) is 18.5 Å². The maximum absolute atomic E-state index is 12.4. The molecule has 61 heavy (non-hydrogen) atoms. The topological polar surface area (TPSA) is 95.9 Å². The van der Waals surface area contributed by atoms with Crippen molar-refractivity contribution in [3.63, 3.8) is 0 Å². The van der Waals surface area contributed by atoms with Crippen LogP contribution in [0, 0.1) is 0 Å². The van der Waals surface area contributed by atoms with E-state index in [2.05, 4.69) is 19.2 Å². The monoisotopic (exact) mass is 864 g/mol. The highest BCUT2D eigenvalue weighted by Gasteiger charge is 2.20. The number of hydrogen-bond acceptors (Lipinski definition) is 5. The third-order valence-corrected chi connectivity index (χ3v) is 13.2. The SMILES string of the molecule is CCCCCCCCCCCCCCCCCCCCCC(=O)OCCCCCCCCCCCCCCCCCC(=O)NC(CO)C(O)CCCCCCCCCCCC. The van der Waals surface area contributed by atoms with Crippen molar-refractivity contribution < 1.29 is 24.5 Å². The van der Waals surface area contributed by atoms with Crippen LogP contribution in [0.3, 0.4) is 0 Å². The highest BCUT2D eigenvalue weighted by molar-refractivity contribution is 5.76. The van der Waals surface area contributed by atoms with E-state index in [0.717, 1.165) is 44.9 Å². The molecular weight excluding hydrogens is 755 g/mol. The summed E-state index contributed by atoms with van der Waals surface area (Å²) in [4.78, 5) is 24.5. The highest BCUT2D eigenvalue weighted by atomic mass is 16.5. The van der Waals surface area contributed by atoms with Crippen molar-refractivity contribution in [2.24, 2.45) is 0 Å². The number of hydrogen-bond donors (Lipinski definition) is 3. The minimum atomic E-state index is -0.666. The largest absolute Gasteiger partial charge is 0.466 e. The lowest BCUT2D eigenvalue weighted by Crippen LogP contribution is -2.45. The van der Waals surface area contributed by atoms with E-state index in [1.807, 2.05) is 0 Å². The molecule has 2 unspecified atom stereocenters. The molecule has 2 atom stereocenters. The summed E-state index contributed by atoms with van der Waals surface area (Å²) in [6.07, 6.45) is 58.0. The van der Waals surface area contributed by atoms with Crippen molar-refractivity contribution in [2.75, 3.05) is 13.2 Å². The van der Waals surface area contributed by atoms with E-state index < -0.39 is 12.1 Å². The number of unbranched alkanes of at least 4 members (excludes halogenated alkanes) is 41. The lowest BCUT2D eigenvalue weighted by atomic mass is 10.0. The molecule has 0 spiro atoms. The molecule has 0 radical (unpaired) electrons. The number of carbonyl (C=O) groups excluding carboxylic acids is 2. The van der Waals surface area contributed by atoms with Gasteiger partial charge in [-0.05, 0) is 25.7 Å². The van der Waals surface area contributed by atoms with Crippen molar-refractivity contribution in [1.29, 1.82) is 0 Å². The Morgan fingerprint density at radius 3 is 1.00 bits per heavy atom. The zero-order chi connectivity index (χ0) is 44.4. The average molecular weight is 864 g/mol. The van der Waals surface area contributed by atoms with Gasteiger partial charge in [-0.2, -0.15) is 0 Å². The number of carbonyl (C=O) groups is 2. The zero-order valence-electron chi connectivity index (χ0n) is 41.4. The highest BCUT2D eigenvalue weighted by Crippen LogP contribution is 2.18. The summed E-state index contributed by atoms with van der Waals surface area (Å²) >= 11 is 0.